The van der Waals surface area contributed by atoms with Gasteiger partial charge in [0, 0.05) is 19.5 Å². The number of nitrogens with zero attached hydrogens (tertiary/aromatic N) is 2. The van der Waals surface area contributed by atoms with Gasteiger partial charge in [-0.25, -0.2) is 5.01 Å². The third-order valence-corrected chi connectivity index (χ3v) is 3.58. The summed E-state index contributed by atoms with van der Waals surface area (Å²) < 4.78 is 5.15. The van der Waals surface area contributed by atoms with Gasteiger partial charge in [-0.1, -0.05) is 12.1 Å². The molecule has 0 spiro atoms. The summed E-state index contributed by atoms with van der Waals surface area (Å²) in [5.74, 6) is 1.11. The van der Waals surface area contributed by atoms with Gasteiger partial charge in [-0.05, 0) is 24.1 Å². The van der Waals surface area contributed by atoms with Crippen molar-refractivity contribution in [2.45, 2.75) is 18.9 Å². The van der Waals surface area contributed by atoms with E-state index in [9.17, 15) is 4.79 Å². The van der Waals surface area contributed by atoms with Gasteiger partial charge in [-0.2, -0.15) is 0 Å². The van der Waals surface area contributed by atoms with Crippen molar-refractivity contribution in [1.82, 2.24) is 10.0 Å². The number of methoxy groups -OCH3 is 1. The number of hydrogen-bond donors (Lipinski definition) is 0. The van der Waals surface area contributed by atoms with Crippen molar-refractivity contribution in [2.75, 3.05) is 20.2 Å². The Labute approximate surface area is 101 Å². The Kier molecular flexibility index (Phi) is 2.52. The van der Waals surface area contributed by atoms with Crippen LogP contribution in [-0.2, 0) is 4.79 Å². The first kappa shape index (κ1) is 10.6. The van der Waals surface area contributed by atoms with E-state index in [1.54, 1.807) is 7.11 Å². The van der Waals surface area contributed by atoms with Gasteiger partial charge in [0.25, 0.3) is 0 Å². The highest BCUT2D eigenvalue weighted by Crippen LogP contribution is 2.36. The zero-order valence-electron chi connectivity index (χ0n) is 9.93. The zero-order valence-corrected chi connectivity index (χ0v) is 9.93. The number of ether oxygens (including phenoxy) is 1. The topological polar surface area (TPSA) is 32.8 Å². The summed E-state index contributed by atoms with van der Waals surface area (Å²) >= 11 is 0. The van der Waals surface area contributed by atoms with E-state index < -0.39 is 0 Å². The molecule has 0 aliphatic carbocycles. The maximum absolute atomic E-state index is 11.8. The van der Waals surface area contributed by atoms with Crippen molar-refractivity contribution >= 4 is 5.91 Å². The molecule has 1 atom stereocenters. The lowest BCUT2D eigenvalue weighted by molar-refractivity contribution is -0.134. The van der Waals surface area contributed by atoms with Crippen LogP contribution in [0.4, 0.5) is 0 Å². The fourth-order valence-corrected chi connectivity index (χ4v) is 2.72. The van der Waals surface area contributed by atoms with Gasteiger partial charge in [0.05, 0.1) is 13.2 Å². The molecule has 1 aromatic rings. The highest BCUT2D eigenvalue weighted by atomic mass is 16.5. The van der Waals surface area contributed by atoms with Crippen LogP contribution in [0.15, 0.2) is 24.3 Å². The second-order valence-electron chi connectivity index (χ2n) is 4.53. The Bertz CT molecular complexity index is 430. The number of hydrazine groups is 1. The van der Waals surface area contributed by atoms with Crippen LogP contribution in [0.3, 0.4) is 0 Å². The largest absolute Gasteiger partial charge is 0.497 e. The van der Waals surface area contributed by atoms with Gasteiger partial charge < -0.3 is 4.74 Å². The summed E-state index contributed by atoms with van der Waals surface area (Å²) in [6.07, 6.45) is 1.69. The Hall–Kier alpha value is -1.55. The SMILES string of the molecule is COc1ccc([C@@H]2CC(=O)N3CCCN23)cc1. The fourth-order valence-electron chi connectivity index (χ4n) is 2.72. The molecule has 0 unspecified atom stereocenters. The second kappa shape index (κ2) is 4.04. The highest BCUT2D eigenvalue weighted by molar-refractivity contribution is 5.79. The van der Waals surface area contributed by atoms with Gasteiger partial charge in [0.1, 0.15) is 5.75 Å². The number of amides is 1. The first-order valence-electron chi connectivity index (χ1n) is 6.00. The summed E-state index contributed by atoms with van der Waals surface area (Å²) in [5, 5.41) is 4.10. The lowest BCUT2D eigenvalue weighted by Gasteiger charge is -2.24. The van der Waals surface area contributed by atoms with E-state index in [2.05, 4.69) is 17.1 Å². The Balaban J connectivity index is 1.86. The number of carbonyl (C=O) groups excluding carboxylic acids is 1. The van der Waals surface area contributed by atoms with Crippen molar-refractivity contribution in [3.05, 3.63) is 29.8 Å². The number of hydrogen-bond acceptors (Lipinski definition) is 3. The van der Waals surface area contributed by atoms with Crippen LogP contribution in [0.2, 0.25) is 0 Å². The monoisotopic (exact) mass is 232 g/mol. The molecule has 2 heterocycles. The molecule has 17 heavy (non-hydrogen) atoms. The van der Waals surface area contributed by atoms with E-state index in [0.717, 1.165) is 25.3 Å². The molecule has 1 amide bonds. The third kappa shape index (κ3) is 1.69. The van der Waals surface area contributed by atoms with Crippen LogP contribution in [0.1, 0.15) is 24.4 Å². The summed E-state index contributed by atoms with van der Waals surface area (Å²) in [4.78, 5) is 11.8. The number of fused-ring (bicyclic) bond motifs is 1. The smallest absolute Gasteiger partial charge is 0.238 e. The van der Waals surface area contributed by atoms with Gasteiger partial charge in [0.2, 0.25) is 5.91 Å². The minimum Gasteiger partial charge on any atom is -0.497 e. The summed E-state index contributed by atoms with van der Waals surface area (Å²) in [6.45, 7) is 1.87. The standard InChI is InChI=1S/C13H16N2O2/c1-17-11-5-3-10(4-6-11)12-9-13(16)15-8-2-7-14(12)15/h3-6,12H,2,7-9H2,1H3/t12-/m0/s1. The normalized spacial score (nSPS) is 24.2. The maximum Gasteiger partial charge on any atom is 0.238 e. The maximum atomic E-state index is 11.8. The van der Waals surface area contributed by atoms with Crippen LogP contribution in [0.5, 0.6) is 5.75 Å². The molecule has 4 heteroatoms. The summed E-state index contributed by atoms with van der Waals surface area (Å²) in [5.41, 5.74) is 1.20. The van der Waals surface area contributed by atoms with Crippen LogP contribution in [0, 0.1) is 0 Å². The molecule has 2 aliphatic heterocycles. The minimum atomic E-state index is 0.218. The Morgan fingerprint density at radius 3 is 2.71 bits per heavy atom. The second-order valence-corrected chi connectivity index (χ2v) is 4.53. The van der Waals surface area contributed by atoms with Crippen LogP contribution < -0.4 is 4.74 Å². The van der Waals surface area contributed by atoms with Gasteiger partial charge in [0.15, 0.2) is 0 Å². The molecular formula is C13H16N2O2. The molecule has 3 rings (SSSR count). The predicted molar refractivity (Wildman–Crippen MR) is 63.4 cm³/mol. The molecule has 0 N–H and O–H groups in total. The van der Waals surface area contributed by atoms with E-state index >= 15 is 0 Å². The predicted octanol–water partition coefficient (Wildman–Crippen LogP) is 1.59. The molecule has 90 valence electrons. The van der Waals surface area contributed by atoms with E-state index in [4.69, 9.17) is 4.74 Å². The van der Waals surface area contributed by atoms with Crippen molar-refractivity contribution in [2.24, 2.45) is 0 Å². The van der Waals surface area contributed by atoms with Gasteiger partial charge >= 0.3 is 0 Å². The average molecular weight is 232 g/mol. The molecule has 0 saturated carbocycles. The molecule has 1 aromatic carbocycles. The van der Waals surface area contributed by atoms with Crippen molar-refractivity contribution in [1.29, 1.82) is 0 Å². The van der Waals surface area contributed by atoms with E-state index in [1.807, 2.05) is 17.1 Å². The first-order valence-corrected chi connectivity index (χ1v) is 6.00. The zero-order chi connectivity index (χ0) is 11.8. The van der Waals surface area contributed by atoms with Gasteiger partial charge in [-0.3, -0.25) is 9.80 Å². The fraction of sp³-hybridized carbons (Fsp3) is 0.462. The van der Waals surface area contributed by atoms with Crippen molar-refractivity contribution in [3.8, 4) is 5.75 Å². The van der Waals surface area contributed by atoms with Crippen LogP contribution >= 0.6 is 0 Å². The lowest BCUT2D eigenvalue weighted by Crippen LogP contribution is -2.33. The van der Waals surface area contributed by atoms with Crippen molar-refractivity contribution in [3.63, 3.8) is 0 Å². The average Bonchev–Trinajstić information content (AvgIpc) is 2.94. The van der Waals surface area contributed by atoms with Crippen LogP contribution in [-0.4, -0.2) is 36.1 Å². The Morgan fingerprint density at radius 2 is 2.00 bits per heavy atom. The van der Waals surface area contributed by atoms with Gasteiger partial charge in [-0.15, -0.1) is 0 Å². The number of rotatable bonds is 2. The van der Waals surface area contributed by atoms with Crippen molar-refractivity contribution < 1.29 is 9.53 Å². The molecule has 2 saturated heterocycles. The Morgan fingerprint density at radius 1 is 1.24 bits per heavy atom. The first-order chi connectivity index (χ1) is 8.29. The molecular weight excluding hydrogens is 216 g/mol. The molecule has 0 aromatic heterocycles. The van der Waals surface area contributed by atoms with E-state index in [1.165, 1.54) is 5.56 Å². The quantitative estimate of drug-likeness (QED) is 0.776. The summed E-state index contributed by atoms with van der Waals surface area (Å²) in [7, 11) is 1.66. The minimum absolute atomic E-state index is 0.218. The molecule has 0 radical (unpaired) electrons. The number of benzene rings is 1. The lowest BCUT2D eigenvalue weighted by atomic mass is 10.0. The molecule has 0 bridgehead atoms. The van der Waals surface area contributed by atoms with Crippen LogP contribution in [0.25, 0.3) is 0 Å². The molecule has 2 aliphatic rings. The number of carbonyl (C=O) groups is 1. The molecule has 2 fully saturated rings. The van der Waals surface area contributed by atoms with E-state index in [0.29, 0.717) is 6.42 Å². The molecule has 4 nitrogen and oxygen atoms in total. The highest BCUT2D eigenvalue weighted by Gasteiger charge is 2.40. The summed E-state index contributed by atoms with van der Waals surface area (Å²) in [6, 6.07) is 8.24. The third-order valence-electron chi connectivity index (χ3n) is 3.58. The van der Waals surface area contributed by atoms with E-state index in [-0.39, 0.29) is 11.9 Å².